The van der Waals surface area contributed by atoms with Gasteiger partial charge in [0.05, 0.1) is 55.2 Å². The molecule has 8 nitrogen and oxygen atoms in total. The Morgan fingerprint density at radius 3 is 0.956 bits per heavy atom. The number of hydrogen-bond donors (Lipinski definition) is 0. The molecule has 21 aromatic carbocycles. The molecule has 8 heteroatoms. The minimum atomic E-state index is 0.255. The van der Waals surface area contributed by atoms with E-state index >= 15 is 0 Å². The van der Waals surface area contributed by atoms with Crippen molar-refractivity contribution in [2.45, 2.75) is 5.92 Å². The quantitative estimate of drug-likeness (QED) is 0.145. The number of aromatic nitrogens is 5. The van der Waals surface area contributed by atoms with E-state index in [9.17, 15) is 0 Å². The molecule has 1 unspecified atom stereocenters. The lowest BCUT2D eigenvalue weighted by Gasteiger charge is -2.14. The third-order valence-corrected chi connectivity index (χ3v) is 28.3. The molecule has 0 saturated heterocycles. The number of benzene rings is 21. The monoisotopic (exact) mass is 1720 g/mol. The van der Waals surface area contributed by atoms with Crippen LogP contribution in [-0.2, 0) is 0 Å². The van der Waals surface area contributed by atoms with Gasteiger partial charge in [0, 0.05) is 127 Å². The SMILES string of the molecule is c1ccc(-n2c3ccccc3c3cc(-c4ccc5c(c4)c4c6c(ccc4n5-c4ccccc4)oc4ccccc46)ccc32)cc1.c1ccc(-n2c3ccccc3c3cc(-c4ccc5c(c4)c4cc6oc7ccccc7c6cc4n5-c4ccccc4)ccc32)cc1.c1ccc(C2c3ccccc3-c3cc(-c4ccc5c(c4)c4cc6c(cc4n5-c4ccccc4)oc4ccccc46)ccc32)cc1. The molecule has 30 rings (SSSR count). The van der Waals surface area contributed by atoms with Gasteiger partial charge in [0.2, 0.25) is 0 Å². The number of nitrogens with zero attached hydrogens (tertiary/aromatic N) is 5. The van der Waals surface area contributed by atoms with Crippen molar-refractivity contribution < 1.29 is 13.3 Å². The summed E-state index contributed by atoms with van der Waals surface area (Å²) in [5.74, 6) is 0.255. The Labute approximate surface area is 774 Å². The van der Waals surface area contributed by atoms with Crippen LogP contribution in [0.3, 0.4) is 0 Å². The van der Waals surface area contributed by atoms with Crippen LogP contribution in [0, 0.1) is 0 Å². The summed E-state index contributed by atoms with van der Waals surface area (Å²) in [6, 6.07) is 170. The molecule has 0 spiro atoms. The summed E-state index contributed by atoms with van der Waals surface area (Å²) in [6.07, 6.45) is 0. The highest BCUT2D eigenvalue weighted by Crippen LogP contribution is 2.52. The van der Waals surface area contributed by atoms with Crippen molar-refractivity contribution >= 4 is 175 Å². The van der Waals surface area contributed by atoms with Crippen molar-refractivity contribution in [3.63, 3.8) is 0 Å². The maximum atomic E-state index is 6.36. The van der Waals surface area contributed by atoms with Crippen LogP contribution in [0.5, 0.6) is 0 Å². The van der Waals surface area contributed by atoms with E-state index in [1.807, 2.05) is 24.3 Å². The molecule has 8 heterocycles. The van der Waals surface area contributed by atoms with Crippen LogP contribution >= 0.6 is 0 Å². The first kappa shape index (κ1) is 75.9. The van der Waals surface area contributed by atoms with Crippen molar-refractivity contribution in [2.24, 2.45) is 0 Å². The summed E-state index contributed by atoms with van der Waals surface area (Å²) in [6.45, 7) is 0. The largest absolute Gasteiger partial charge is 0.456 e. The second-order valence-electron chi connectivity index (χ2n) is 35.6. The zero-order chi connectivity index (χ0) is 88.5. The molecule has 1 aliphatic rings. The number of fused-ring (bicyclic) bond motifs is 28. The second-order valence-corrected chi connectivity index (χ2v) is 35.6. The van der Waals surface area contributed by atoms with Crippen LogP contribution < -0.4 is 0 Å². The molecule has 0 saturated carbocycles. The molecular formula is C127H79N5O3. The number of rotatable bonds is 9. The predicted octanol–water partition coefficient (Wildman–Crippen LogP) is 34.4. The Morgan fingerprint density at radius 1 is 0.148 bits per heavy atom. The van der Waals surface area contributed by atoms with Crippen LogP contribution in [-0.4, -0.2) is 22.8 Å². The van der Waals surface area contributed by atoms with Gasteiger partial charge in [0.25, 0.3) is 0 Å². The smallest absolute Gasteiger partial charge is 0.137 e. The van der Waals surface area contributed by atoms with Crippen molar-refractivity contribution in [2.75, 3.05) is 0 Å². The van der Waals surface area contributed by atoms with Crippen LogP contribution in [0.1, 0.15) is 22.6 Å². The van der Waals surface area contributed by atoms with Crippen LogP contribution in [0.15, 0.2) is 486 Å². The Morgan fingerprint density at radius 2 is 0.459 bits per heavy atom. The van der Waals surface area contributed by atoms with E-state index < -0.39 is 0 Å². The Balaban J connectivity index is 0.000000101. The van der Waals surface area contributed by atoms with Gasteiger partial charge >= 0.3 is 0 Å². The molecule has 1 atom stereocenters. The third kappa shape index (κ3) is 12.0. The van der Waals surface area contributed by atoms with Crippen molar-refractivity contribution in [3.05, 3.63) is 490 Å². The van der Waals surface area contributed by atoms with Gasteiger partial charge in [-0.05, 0) is 249 Å². The zero-order valence-electron chi connectivity index (χ0n) is 73.1. The van der Waals surface area contributed by atoms with Gasteiger partial charge in [-0.1, -0.05) is 279 Å². The van der Waals surface area contributed by atoms with Crippen molar-refractivity contribution in [1.29, 1.82) is 0 Å². The molecule has 8 aromatic heterocycles. The van der Waals surface area contributed by atoms with Crippen LogP contribution in [0.2, 0.25) is 0 Å². The molecule has 0 radical (unpaired) electrons. The fourth-order valence-electron chi connectivity index (χ4n) is 22.3. The lowest BCUT2D eigenvalue weighted by Crippen LogP contribution is -1.98. The van der Waals surface area contributed by atoms with Crippen molar-refractivity contribution in [3.8, 4) is 72.9 Å². The molecule has 0 amide bonds. The maximum absolute atomic E-state index is 6.36. The lowest BCUT2D eigenvalue weighted by molar-refractivity contribution is 0.669. The first-order valence-electron chi connectivity index (χ1n) is 46.3. The molecule has 0 aliphatic heterocycles. The molecule has 29 aromatic rings. The summed E-state index contributed by atoms with van der Waals surface area (Å²) in [5, 5.41) is 19.2. The van der Waals surface area contributed by atoms with Gasteiger partial charge in [-0.15, -0.1) is 0 Å². The summed E-state index contributed by atoms with van der Waals surface area (Å²) in [4.78, 5) is 0. The van der Waals surface area contributed by atoms with Gasteiger partial charge in [-0.2, -0.15) is 0 Å². The minimum absolute atomic E-state index is 0.255. The summed E-state index contributed by atoms with van der Waals surface area (Å²) < 4.78 is 30.9. The first-order chi connectivity index (χ1) is 67.0. The second kappa shape index (κ2) is 30.3. The van der Waals surface area contributed by atoms with Crippen molar-refractivity contribution in [1.82, 2.24) is 22.8 Å². The first-order valence-corrected chi connectivity index (χ1v) is 46.3. The highest BCUT2D eigenvalue weighted by Gasteiger charge is 2.31. The van der Waals surface area contributed by atoms with E-state index in [0.29, 0.717) is 0 Å². The minimum Gasteiger partial charge on any atom is -0.456 e. The highest BCUT2D eigenvalue weighted by atomic mass is 16.3. The lowest BCUT2D eigenvalue weighted by atomic mass is 9.89. The molecule has 1 aliphatic carbocycles. The average Bonchev–Trinajstić information content (AvgIpc) is 1.59. The van der Waals surface area contributed by atoms with E-state index in [1.165, 1.54) is 181 Å². The predicted molar refractivity (Wildman–Crippen MR) is 562 cm³/mol. The third-order valence-electron chi connectivity index (χ3n) is 28.3. The van der Waals surface area contributed by atoms with E-state index in [2.05, 4.69) is 472 Å². The highest BCUT2D eigenvalue weighted by molar-refractivity contribution is 6.28. The summed E-state index contributed by atoms with van der Waals surface area (Å²) in [7, 11) is 0. The Hall–Kier alpha value is -18.0. The normalized spacial score (nSPS) is 12.7. The fourth-order valence-corrected chi connectivity index (χ4v) is 22.3. The summed E-state index contributed by atoms with van der Waals surface area (Å²) in [5.41, 5.74) is 37.1. The average molecular weight is 1720 g/mol. The Kier molecular flexibility index (Phi) is 17.1. The van der Waals surface area contributed by atoms with Gasteiger partial charge in [-0.25, -0.2) is 0 Å². The molecule has 0 N–H and O–H groups in total. The Bertz CT molecular complexity index is 9830. The van der Waals surface area contributed by atoms with Gasteiger partial charge in [0.15, 0.2) is 0 Å². The van der Waals surface area contributed by atoms with E-state index in [-0.39, 0.29) is 5.92 Å². The van der Waals surface area contributed by atoms with Crippen LogP contribution in [0.4, 0.5) is 0 Å². The molecule has 0 fully saturated rings. The van der Waals surface area contributed by atoms with E-state index in [4.69, 9.17) is 13.3 Å². The molecule has 630 valence electrons. The zero-order valence-corrected chi connectivity index (χ0v) is 73.1. The van der Waals surface area contributed by atoms with Gasteiger partial charge < -0.3 is 36.1 Å². The number of para-hydroxylation sites is 10. The standard InChI is InChI=1S/C43H27NO.2C42H26N2O/c1-3-11-27(12-4-1)43-33-17-8-7-15-31(33)35-23-28(19-21-34(35)43)29-20-22-39-36(24-29)37-25-38-32-16-9-10-18-41(32)45-42(38)26-40(37)44(39)30-13-5-2-6-14-30;1-3-11-29(12-4-1)43-37-17-9-7-15-31(37)33-23-27(19-21-38(33)43)28-20-22-39-34(24-28)35-26-42-36(32-16-8-10-18-41(32)45-42)25-40(35)44(39)30-13-5-2-6-14-30;1-3-11-29(12-4-1)43-35-17-9-7-15-31(35)33-25-27(19-21-36(33)43)28-20-22-37-34(26-28)41-38(44(37)30-13-5-2-6-14-30)23-24-40-42(41)32-16-8-10-18-39(32)45-40/h1-26,43H;2*1-26H. The van der Waals surface area contributed by atoms with E-state index in [0.717, 1.165) is 83.0 Å². The van der Waals surface area contributed by atoms with Crippen LogP contribution in [0.25, 0.3) is 248 Å². The molecular weight excluding hydrogens is 1640 g/mol. The van der Waals surface area contributed by atoms with Gasteiger partial charge in [0.1, 0.15) is 33.5 Å². The molecule has 135 heavy (non-hydrogen) atoms. The summed E-state index contributed by atoms with van der Waals surface area (Å²) >= 11 is 0. The number of furan rings is 3. The molecule has 0 bridgehead atoms. The van der Waals surface area contributed by atoms with E-state index in [1.54, 1.807) is 0 Å². The maximum Gasteiger partial charge on any atom is 0.137 e. The topological polar surface area (TPSA) is 64.1 Å². The fraction of sp³-hybridized carbons (Fsp3) is 0.00787. The van der Waals surface area contributed by atoms with Gasteiger partial charge in [-0.3, -0.25) is 0 Å². The number of hydrogen-bond acceptors (Lipinski definition) is 3.